The van der Waals surface area contributed by atoms with E-state index >= 15 is 0 Å². The molecule has 0 bridgehead atoms. The second-order valence-corrected chi connectivity index (χ2v) is 6.11. The number of benzene rings is 2. The fraction of sp³-hybridized carbons (Fsp3) is 0.261. The van der Waals surface area contributed by atoms with Crippen molar-refractivity contribution in [3.05, 3.63) is 97.1 Å². The van der Waals surface area contributed by atoms with Crippen LogP contribution in [-0.2, 0) is 22.7 Å². The molecule has 142 valence electrons. The van der Waals surface area contributed by atoms with Gasteiger partial charge in [-0.25, -0.2) is 4.79 Å². The number of rotatable bonds is 11. The molecule has 1 atom stereocenters. The van der Waals surface area contributed by atoms with E-state index < -0.39 is 0 Å². The van der Waals surface area contributed by atoms with Crippen LogP contribution in [0, 0.1) is 0 Å². The zero-order valence-corrected chi connectivity index (χ0v) is 15.6. The van der Waals surface area contributed by atoms with Gasteiger partial charge in [-0.2, -0.15) is 0 Å². The van der Waals surface area contributed by atoms with Crippen molar-refractivity contribution >= 4 is 6.09 Å². The number of carbonyl (C=O) groups excluding carboxylic acids is 1. The standard InChI is InChI=1S/C23H27NO3/c1-3-5-16-24(23(25)27-18-21-14-10-7-11-15-21)22(4-2)19-26-17-20-12-8-6-9-13-20/h3-4,6-15,22H,1-2,5,16-19H2/t22-/m0/s1. The van der Waals surface area contributed by atoms with Crippen LogP contribution in [0.3, 0.4) is 0 Å². The topological polar surface area (TPSA) is 38.8 Å². The molecule has 0 N–H and O–H groups in total. The number of ether oxygens (including phenoxy) is 2. The lowest BCUT2D eigenvalue weighted by Gasteiger charge is -2.28. The third-order valence-corrected chi connectivity index (χ3v) is 4.09. The molecule has 0 heterocycles. The summed E-state index contributed by atoms with van der Waals surface area (Å²) >= 11 is 0. The first kappa shape index (κ1) is 20.5. The molecule has 0 aromatic heterocycles. The molecule has 0 saturated heterocycles. The molecule has 0 aliphatic carbocycles. The minimum absolute atomic E-state index is 0.235. The van der Waals surface area contributed by atoms with Crippen molar-refractivity contribution in [2.75, 3.05) is 13.2 Å². The Hall–Kier alpha value is -2.85. The largest absolute Gasteiger partial charge is 0.445 e. The monoisotopic (exact) mass is 365 g/mol. The molecule has 2 aromatic carbocycles. The first-order valence-electron chi connectivity index (χ1n) is 9.07. The van der Waals surface area contributed by atoms with Crippen LogP contribution >= 0.6 is 0 Å². The fourth-order valence-corrected chi connectivity index (χ4v) is 2.58. The zero-order valence-electron chi connectivity index (χ0n) is 15.6. The Kier molecular flexibility index (Phi) is 8.87. The second kappa shape index (κ2) is 11.7. The maximum atomic E-state index is 12.6. The van der Waals surface area contributed by atoms with Gasteiger partial charge >= 0.3 is 6.09 Å². The third kappa shape index (κ3) is 7.12. The second-order valence-electron chi connectivity index (χ2n) is 6.11. The Morgan fingerprint density at radius 1 is 0.963 bits per heavy atom. The minimum Gasteiger partial charge on any atom is -0.445 e. The van der Waals surface area contributed by atoms with Crippen molar-refractivity contribution in [2.24, 2.45) is 0 Å². The molecule has 0 saturated carbocycles. The average molecular weight is 365 g/mol. The van der Waals surface area contributed by atoms with Gasteiger partial charge in [-0.3, -0.25) is 4.90 Å². The van der Waals surface area contributed by atoms with Gasteiger partial charge in [-0.05, 0) is 17.5 Å². The van der Waals surface area contributed by atoms with Gasteiger partial charge in [0.15, 0.2) is 0 Å². The van der Waals surface area contributed by atoms with Crippen LogP contribution < -0.4 is 0 Å². The average Bonchev–Trinajstić information content (AvgIpc) is 2.72. The van der Waals surface area contributed by atoms with Crippen LogP contribution in [0.15, 0.2) is 86.0 Å². The smallest absolute Gasteiger partial charge is 0.410 e. The van der Waals surface area contributed by atoms with Gasteiger partial charge in [0.2, 0.25) is 0 Å². The molecule has 0 spiro atoms. The molecule has 27 heavy (non-hydrogen) atoms. The SMILES string of the molecule is C=CCCN(C(=O)OCc1ccccc1)[C@@H](C=C)COCc1ccccc1. The van der Waals surface area contributed by atoms with Gasteiger partial charge in [0, 0.05) is 6.54 Å². The predicted octanol–water partition coefficient (Wildman–Crippen LogP) is 4.97. The molecule has 0 fully saturated rings. The quantitative estimate of drug-likeness (QED) is 0.528. The lowest BCUT2D eigenvalue weighted by molar-refractivity contribution is 0.0484. The number of amides is 1. The highest BCUT2D eigenvalue weighted by Gasteiger charge is 2.22. The van der Waals surface area contributed by atoms with Crippen molar-refractivity contribution in [3.63, 3.8) is 0 Å². The summed E-state index contributed by atoms with van der Waals surface area (Å²) in [5.74, 6) is 0. The summed E-state index contributed by atoms with van der Waals surface area (Å²) in [6.45, 7) is 9.18. The van der Waals surface area contributed by atoms with Crippen molar-refractivity contribution in [3.8, 4) is 0 Å². The third-order valence-electron chi connectivity index (χ3n) is 4.09. The van der Waals surface area contributed by atoms with E-state index in [2.05, 4.69) is 13.2 Å². The molecule has 4 nitrogen and oxygen atoms in total. The normalized spacial score (nSPS) is 11.4. The van der Waals surface area contributed by atoms with Crippen LogP contribution in [0.5, 0.6) is 0 Å². The van der Waals surface area contributed by atoms with E-state index in [1.807, 2.05) is 60.7 Å². The Labute approximate surface area is 161 Å². The molecular formula is C23H27NO3. The van der Waals surface area contributed by atoms with E-state index in [9.17, 15) is 4.79 Å². The Morgan fingerprint density at radius 2 is 1.56 bits per heavy atom. The summed E-state index contributed by atoms with van der Waals surface area (Å²) in [7, 11) is 0. The highest BCUT2D eigenvalue weighted by Crippen LogP contribution is 2.10. The van der Waals surface area contributed by atoms with E-state index in [0.29, 0.717) is 26.2 Å². The molecule has 0 aliphatic rings. The van der Waals surface area contributed by atoms with E-state index in [1.54, 1.807) is 17.1 Å². The summed E-state index contributed by atoms with van der Waals surface area (Å²) < 4.78 is 11.3. The Balaban J connectivity index is 1.92. The number of hydrogen-bond acceptors (Lipinski definition) is 3. The van der Waals surface area contributed by atoms with Crippen LogP contribution in [0.1, 0.15) is 17.5 Å². The van der Waals surface area contributed by atoms with E-state index in [1.165, 1.54) is 0 Å². The van der Waals surface area contributed by atoms with Crippen molar-refractivity contribution in [1.82, 2.24) is 4.90 Å². The van der Waals surface area contributed by atoms with Gasteiger partial charge in [0.25, 0.3) is 0 Å². The predicted molar refractivity (Wildman–Crippen MR) is 108 cm³/mol. The van der Waals surface area contributed by atoms with Crippen molar-refractivity contribution in [1.29, 1.82) is 0 Å². The first-order valence-corrected chi connectivity index (χ1v) is 9.07. The minimum atomic E-state index is -0.381. The fourth-order valence-electron chi connectivity index (χ4n) is 2.58. The first-order chi connectivity index (χ1) is 13.2. The highest BCUT2D eigenvalue weighted by atomic mass is 16.6. The molecule has 0 aliphatic heterocycles. The van der Waals surface area contributed by atoms with Crippen LogP contribution in [0.2, 0.25) is 0 Å². The Morgan fingerprint density at radius 3 is 2.11 bits per heavy atom. The maximum absolute atomic E-state index is 12.6. The lowest BCUT2D eigenvalue weighted by Crippen LogP contribution is -2.42. The van der Waals surface area contributed by atoms with E-state index in [-0.39, 0.29) is 18.7 Å². The van der Waals surface area contributed by atoms with Crippen LogP contribution in [0.25, 0.3) is 0 Å². The Bertz CT molecular complexity index is 700. The molecular weight excluding hydrogens is 338 g/mol. The number of carbonyl (C=O) groups is 1. The van der Waals surface area contributed by atoms with Crippen molar-refractivity contribution in [2.45, 2.75) is 25.7 Å². The zero-order chi connectivity index (χ0) is 19.3. The maximum Gasteiger partial charge on any atom is 0.410 e. The van der Waals surface area contributed by atoms with Crippen LogP contribution in [-0.4, -0.2) is 30.2 Å². The summed E-state index contributed by atoms with van der Waals surface area (Å²) in [6, 6.07) is 19.3. The van der Waals surface area contributed by atoms with Gasteiger partial charge in [0.1, 0.15) is 6.61 Å². The summed E-state index contributed by atoms with van der Waals surface area (Å²) in [6.07, 6.45) is 3.79. The summed E-state index contributed by atoms with van der Waals surface area (Å²) in [4.78, 5) is 14.3. The summed E-state index contributed by atoms with van der Waals surface area (Å²) in [5, 5.41) is 0. The number of nitrogens with zero attached hydrogens (tertiary/aromatic N) is 1. The van der Waals surface area contributed by atoms with Crippen molar-refractivity contribution < 1.29 is 14.3 Å². The van der Waals surface area contributed by atoms with Gasteiger partial charge in [-0.1, -0.05) is 72.8 Å². The highest BCUT2D eigenvalue weighted by molar-refractivity contribution is 5.68. The molecule has 0 radical (unpaired) electrons. The van der Waals surface area contributed by atoms with Crippen LogP contribution in [0.4, 0.5) is 4.79 Å². The van der Waals surface area contributed by atoms with Gasteiger partial charge in [-0.15, -0.1) is 13.2 Å². The number of hydrogen-bond donors (Lipinski definition) is 0. The van der Waals surface area contributed by atoms with E-state index in [0.717, 1.165) is 11.1 Å². The van der Waals surface area contributed by atoms with Gasteiger partial charge < -0.3 is 9.47 Å². The van der Waals surface area contributed by atoms with Gasteiger partial charge in [0.05, 0.1) is 19.3 Å². The molecule has 2 rings (SSSR count). The molecule has 0 unspecified atom stereocenters. The molecule has 2 aromatic rings. The van der Waals surface area contributed by atoms with E-state index in [4.69, 9.17) is 9.47 Å². The molecule has 4 heteroatoms. The molecule has 1 amide bonds. The lowest BCUT2D eigenvalue weighted by atomic mass is 10.2. The summed E-state index contributed by atoms with van der Waals surface area (Å²) in [5.41, 5.74) is 2.04.